The van der Waals surface area contributed by atoms with Crippen molar-refractivity contribution in [1.82, 2.24) is 10.6 Å². The molecule has 0 fully saturated rings. The van der Waals surface area contributed by atoms with Crippen molar-refractivity contribution < 1.29 is 29.0 Å². The van der Waals surface area contributed by atoms with E-state index in [1.807, 2.05) is 27.7 Å². The van der Waals surface area contributed by atoms with Gasteiger partial charge in [0.1, 0.15) is 6.61 Å². The maximum absolute atomic E-state index is 12.2. The fourth-order valence-corrected chi connectivity index (χ4v) is 2.63. The molecule has 174 valence electrons. The third kappa shape index (κ3) is 24.6. The Morgan fingerprint density at radius 3 is 1.97 bits per heavy atom. The Balaban J connectivity index is -0.00000123. The minimum absolute atomic E-state index is 0.0227. The highest BCUT2D eigenvalue weighted by atomic mass is 32.1. The van der Waals surface area contributed by atoms with E-state index in [2.05, 4.69) is 44.0 Å². The Morgan fingerprint density at radius 2 is 1.48 bits per heavy atom. The molecular weight excluding hydrogens is 396 g/mol. The third-order valence-electron chi connectivity index (χ3n) is 3.16. The second-order valence-corrected chi connectivity index (χ2v) is 8.17. The molecule has 8 nitrogen and oxygen atoms in total. The second-order valence-electron chi connectivity index (χ2n) is 7.72. The molecule has 9 heteroatoms. The molecule has 2 amide bonds. The fraction of sp³-hybridized carbons (Fsp3) is 0.850. The molecule has 0 bridgehead atoms. The molecule has 0 aromatic rings. The van der Waals surface area contributed by atoms with Gasteiger partial charge in [-0.3, -0.25) is 14.4 Å². The number of nitrogens with one attached hydrogen (secondary N) is 2. The smallest absolute Gasteiger partial charge is 0.290 e. The van der Waals surface area contributed by atoms with E-state index in [0.29, 0.717) is 38.7 Å². The number of carbonyl (C=O) groups excluding carboxylic acids is 2. The zero-order valence-electron chi connectivity index (χ0n) is 19.2. The molecule has 0 aliphatic rings. The molecule has 3 N–H and O–H groups in total. The summed E-state index contributed by atoms with van der Waals surface area (Å²) in [7, 11) is 0. The van der Waals surface area contributed by atoms with Crippen molar-refractivity contribution >= 4 is 30.9 Å². The third-order valence-corrected chi connectivity index (χ3v) is 3.38. The van der Waals surface area contributed by atoms with Gasteiger partial charge in [-0.05, 0) is 11.8 Å². The summed E-state index contributed by atoms with van der Waals surface area (Å²) in [6, 6.07) is 0. The van der Waals surface area contributed by atoms with Crippen LogP contribution in [0, 0.1) is 10.8 Å². The molecule has 0 saturated heterocycles. The largest absolute Gasteiger partial charge is 0.483 e. The monoisotopic (exact) mass is 438 g/mol. The molecule has 0 atom stereocenters. The van der Waals surface area contributed by atoms with Crippen LogP contribution in [0.3, 0.4) is 0 Å². The molecule has 0 heterocycles. The van der Waals surface area contributed by atoms with Gasteiger partial charge in [-0.15, -0.1) is 0 Å². The number of carbonyl (C=O) groups is 3. The van der Waals surface area contributed by atoms with Crippen LogP contribution in [0.2, 0.25) is 0 Å². The highest BCUT2D eigenvalue weighted by Crippen LogP contribution is 2.33. The summed E-state index contributed by atoms with van der Waals surface area (Å²) in [5, 5.41) is 12.4. The van der Waals surface area contributed by atoms with Crippen molar-refractivity contribution in [3.05, 3.63) is 0 Å². The first-order valence-corrected chi connectivity index (χ1v) is 10.5. The standard InChI is InChI=1S/C17H34N2O4S.C2H6.CH2O2/c1-16(2,3)13-17(4,5)15(21)19-6-8-22-9-10-23-12-14(20)18-7-11-24;1-2;2-1-3/h24H,6-13H2,1-5H3,(H,18,20)(H,19,21);1-2H3;1H,(H,2,3). The van der Waals surface area contributed by atoms with Gasteiger partial charge < -0.3 is 25.2 Å². The van der Waals surface area contributed by atoms with Gasteiger partial charge in [-0.1, -0.05) is 48.5 Å². The average Bonchev–Trinajstić information content (AvgIpc) is 2.62. The highest BCUT2D eigenvalue weighted by molar-refractivity contribution is 7.80. The summed E-state index contributed by atoms with van der Waals surface area (Å²) in [5.74, 6) is 0.489. The van der Waals surface area contributed by atoms with Gasteiger partial charge in [0.15, 0.2) is 0 Å². The Kier molecular flexibility index (Phi) is 22.3. The van der Waals surface area contributed by atoms with Crippen LogP contribution in [0.25, 0.3) is 0 Å². The van der Waals surface area contributed by atoms with Gasteiger partial charge in [0.2, 0.25) is 11.8 Å². The lowest BCUT2D eigenvalue weighted by atomic mass is 9.76. The van der Waals surface area contributed by atoms with Crippen molar-refractivity contribution in [1.29, 1.82) is 0 Å². The van der Waals surface area contributed by atoms with Crippen LogP contribution in [-0.2, 0) is 23.9 Å². The minimum atomic E-state index is -0.401. The van der Waals surface area contributed by atoms with Gasteiger partial charge in [0, 0.05) is 24.3 Å². The molecular formula is C20H42N2O6S. The highest BCUT2D eigenvalue weighted by Gasteiger charge is 2.32. The van der Waals surface area contributed by atoms with E-state index in [0.717, 1.165) is 6.42 Å². The van der Waals surface area contributed by atoms with E-state index in [1.165, 1.54) is 0 Å². The maximum atomic E-state index is 12.2. The molecule has 0 aliphatic carbocycles. The summed E-state index contributed by atoms with van der Waals surface area (Å²) in [4.78, 5) is 31.8. The van der Waals surface area contributed by atoms with Crippen LogP contribution >= 0.6 is 12.6 Å². The SMILES string of the molecule is CC.CC(C)(C)CC(C)(C)C(=O)NCCOCCOCC(=O)NCCS.O=CO. The Morgan fingerprint density at radius 1 is 0.966 bits per heavy atom. The number of hydrogen-bond acceptors (Lipinski definition) is 6. The van der Waals surface area contributed by atoms with Crippen LogP contribution in [0.15, 0.2) is 0 Å². The van der Waals surface area contributed by atoms with Crippen molar-refractivity contribution in [2.75, 3.05) is 45.3 Å². The number of hydrogen-bond donors (Lipinski definition) is 4. The van der Waals surface area contributed by atoms with Crippen molar-refractivity contribution in [3.63, 3.8) is 0 Å². The lowest BCUT2D eigenvalue weighted by molar-refractivity contribution is -0.131. The molecule has 0 unspecified atom stereocenters. The molecule has 0 radical (unpaired) electrons. The summed E-state index contributed by atoms with van der Waals surface area (Å²) in [6.07, 6.45) is 0.815. The normalized spacial score (nSPS) is 10.6. The van der Waals surface area contributed by atoms with Crippen LogP contribution in [0.1, 0.15) is 54.9 Å². The van der Waals surface area contributed by atoms with E-state index in [4.69, 9.17) is 19.4 Å². The molecule has 0 aromatic carbocycles. The lowest BCUT2D eigenvalue weighted by Gasteiger charge is -2.31. The predicted octanol–water partition coefficient (Wildman–Crippen LogP) is 2.37. The Bertz CT molecular complexity index is 426. The van der Waals surface area contributed by atoms with Crippen molar-refractivity contribution in [2.45, 2.75) is 54.9 Å². The summed E-state index contributed by atoms with van der Waals surface area (Å²) in [5.41, 5.74) is -0.296. The average molecular weight is 439 g/mol. The van der Waals surface area contributed by atoms with E-state index in [1.54, 1.807) is 0 Å². The molecule has 0 spiro atoms. The Hall–Kier alpha value is -1.32. The first-order valence-electron chi connectivity index (χ1n) is 9.89. The summed E-state index contributed by atoms with van der Waals surface area (Å²) in [6.45, 7) is 16.2. The first kappa shape index (κ1) is 32.3. The van der Waals surface area contributed by atoms with Crippen LogP contribution in [0.4, 0.5) is 0 Å². The van der Waals surface area contributed by atoms with E-state index in [-0.39, 0.29) is 30.3 Å². The topological polar surface area (TPSA) is 114 Å². The van der Waals surface area contributed by atoms with Gasteiger partial charge in [-0.2, -0.15) is 12.6 Å². The molecule has 0 saturated carbocycles. The summed E-state index contributed by atoms with van der Waals surface area (Å²) >= 11 is 4.00. The molecule has 29 heavy (non-hydrogen) atoms. The Labute approximate surface area is 181 Å². The van der Waals surface area contributed by atoms with Gasteiger partial charge in [-0.25, -0.2) is 0 Å². The minimum Gasteiger partial charge on any atom is -0.483 e. The number of rotatable bonds is 12. The molecule has 0 aliphatic heterocycles. The quantitative estimate of drug-likeness (QED) is 0.211. The van der Waals surface area contributed by atoms with Gasteiger partial charge >= 0.3 is 0 Å². The fourth-order valence-electron chi connectivity index (χ4n) is 2.51. The number of ether oxygens (including phenoxy) is 2. The molecule has 0 rings (SSSR count). The van der Waals surface area contributed by atoms with Crippen LogP contribution < -0.4 is 10.6 Å². The number of thiol groups is 1. The van der Waals surface area contributed by atoms with Crippen LogP contribution in [-0.4, -0.2) is 68.7 Å². The number of carboxylic acid groups (broad SMARTS) is 1. The zero-order chi connectivity index (χ0) is 23.3. The predicted molar refractivity (Wildman–Crippen MR) is 119 cm³/mol. The van der Waals surface area contributed by atoms with E-state index in [9.17, 15) is 9.59 Å². The van der Waals surface area contributed by atoms with Crippen LogP contribution in [0.5, 0.6) is 0 Å². The number of amides is 2. The first-order chi connectivity index (χ1) is 13.5. The van der Waals surface area contributed by atoms with Gasteiger partial charge in [0.05, 0.1) is 19.8 Å². The zero-order valence-corrected chi connectivity index (χ0v) is 20.1. The lowest BCUT2D eigenvalue weighted by Crippen LogP contribution is -2.40. The molecule has 0 aromatic heterocycles. The van der Waals surface area contributed by atoms with Crippen molar-refractivity contribution in [2.24, 2.45) is 10.8 Å². The summed E-state index contributed by atoms with van der Waals surface area (Å²) < 4.78 is 10.6. The van der Waals surface area contributed by atoms with E-state index >= 15 is 0 Å². The maximum Gasteiger partial charge on any atom is 0.290 e. The van der Waals surface area contributed by atoms with Crippen molar-refractivity contribution in [3.8, 4) is 0 Å². The second kappa shape index (κ2) is 20.0. The van der Waals surface area contributed by atoms with Gasteiger partial charge in [0.25, 0.3) is 6.47 Å². The van der Waals surface area contributed by atoms with E-state index < -0.39 is 5.41 Å².